The predicted molar refractivity (Wildman–Crippen MR) is 79.2 cm³/mol. The van der Waals surface area contributed by atoms with Gasteiger partial charge in [-0.25, -0.2) is 4.39 Å². The number of carbonyl (C=O) groups excluding carboxylic acids is 2. The largest absolute Gasteiger partial charge is 0.542 e. The summed E-state index contributed by atoms with van der Waals surface area (Å²) in [6, 6.07) is 2.83. The Morgan fingerprint density at radius 3 is 2.50 bits per heavy atom. The van der Waals surface area contributed by atoms with Crippen LogP contribution in [-0.4, -0.2) is 40.9 Å². The molecule has 0 saturated carbocycles. The van der Waals surface area contributed by atoms with Gasteiger partial charge in [0.15, 0.2) is 0 Å². The van der Waals surface area contributed by atoms with E-state index in [9.17, 15) is 22.4 Å². The van der Waals surface area contributed by atoms with Gasteiger partial charge >= 0.3 is 6.18 Å². The van der Waals surface area contributed by atoms with Crippen LogP contribution in [0.1, 0.15) is 29.2 Å². The number of benzene rings is 1. The van der Waals surface area contributed by atoms with Gasteiger partial charge < -0.3 is 21.0 Å². The van der Waals surface area contributed by atoms with Crippen molar-refractivity contribution in [2.75, 3.05) is 13.1 Å². The van der Waals surface area contributed by atoms with Crippen LogP contribution in [0.25, 0.3) is 10.9 Å². The molecule has 1 saturated heterocycles. The summed E-state index contributed by atoms with van der Waals surface area (Å²) < 4.78 is 46.8. The maximum absolute atomic E-state index is 13.5. The summed E-state index contributed by atoms with van der Waals surface area (Å²) in [6.07, 6.45) is -1.20. The Balaban J connectivity index is 0.000000298. The molecular formula is C15H16F4N4O3. The van der Waals surface area contributed by atoms with Crippen molar-refractivity contribution in [3.8, 4) is 0 Å². The summed E-state index contributed by atoms with van der Waals surface area (Å²) in [5.41, 5.74) is 5.91. The number of halogens is 4. The van der Waals surface area contributed by atoms with Crippen molar-refractivity contribution in [2.24, 2.45) is 5.73 Å². The van der Waals surface area contributed by atoms with Gasteiger partial charge in [0, 0.05) is 11.6 Å². The Kier molecular flexibility index (Phi) is 5.80. The minimum Gasteiger partial charge on any atom is -0.542 e. The number of aromatic nitrogens is 2. The second-order valence-corrected chi connectivity index (χ2v) is 5.76. The van der Waals surface area contributed by atoms with E-state index in [1.807, 2.05) is 4.68 Å². The van der Waals surface area contributed by atoms with Gasteiger partial charge in [-0.05, 0) is 25.0 Å². The number of hydrogen-bond acceptors (Lipinski definition) is 4. The predicted octanol–water partition coefficient (Wildman–Crippen LogP) is -0.529. The fourth-order valence-electron chi connectivity index (χ4n) is 2.66. The molecule has 1 unspecified atom stereocenters. The van der Waals surface area contributed by atoms with E-state index < -0.39 is 23.9 Å². The zero-order chi connectivity index (χ0) is 19.5. The first-order chi connectivity index (χ1) is 12.1. The lowest BCUT2D eigenvalue weighted by molar-refractivity contribution is -0.667. The molecule has 4 N–H and O–H groups in total. The number of carboxylic acid groups (broad SMARTS) is 1. The number of hydrogen-bond donors (Lipinski definition) is 2. The number of quaternary nitrogens is 1. The number of primary amides is 1. The number of nitrogens with zero attached hydrogens (tertiary/aromatic N) is 2. The molecule has 1 aromatic heterocycles. The highest BCUT2D eigenvalue weighted by atomic mass is 19.4. The van der Waals surface area contributed by atoms with Crippen molar-refractivity contribution in [3.63, 3.8) is 0 Å². The van der Waals surface area contributed by atoms with Crippen molar-refractivity contribution in [3.05, 3.63) is 29.7 Å². The second-order valence-electron chi connectivity index (χ2n) is 5.76. The SMILES string of the molecule is NC(=O)c1cc(F)cc2cn(C3CCC[NH2+]C3)nc12.O=C([O-])C(F)(F)F. The Bertz CT molecular complexity index is 813. The van der Waals surface area contributed by atoms with Crippen molar-refractivity contribution in [2.45, 2.75) is 25.1 Å². The third-order valence-corrected chi connectivity index (χ3v) is 3.85. The van der Waals surface area contributed by atoms with Crippen LogP contribution in [0.5, 0.6) is 0 Å². The van der Waals surface area contributed by atoms with Gasteiger partial charge in [0.2, 0.25) is 0 Å². The van der Waals surface area contributed by atoms with E-state index in [0.717, 1.165) is 32.0 Å². The summed E-state index contributed by atoms with van der Waals surface area (Å²) in [4.78, 5) is 20.1. The number of piperidine rings is 1. The van der Waals surface area contributed by atoms with Crippen LogP contribution in [-0.2, 0) is 4.79 Å². The zero-order valence-corrected chi connectivity index (χ0v) is 13.4. The summed E-state index contributed by atoms with van der Waals surface area (Å²) >= 11 is 0. The minimum atomic E-state index is -5.19. The molecule has 2 heterocycles. The van der Waals surface area contributed by atoms with Crippen molar-refractivity contribution < 1.29 is 37.6 Å². The monoisotopic (exact) mass is 376 g/mol. The first-order valence-corrected chi connectivity index (χ1v) is 7.67. The number of amides is 1. The summed E-state index contributed by atoms with van der Waals surface area (Å²) in [6.45, 7) is 2.10. The van der Waals surface area contributed by atoms with Gasteiger partial charge in [0.1, 0.15) is 23.3 Å². The Morgan fingerprint density at radius 2 is 2.00 bits per heavy atom. The molecular weight excluding hydrogens is 360 g/mol. The summed E-state index contributed by atoms with van der Waals surface area (Å²) in [7, 11) is 0. The first kappa shape index (κ1) is 19.6. The quantitative estimate of drug-likeness (QED) is 0.685. The molecule has 26 heavy (non-hydrogen) atoms. The molecule has 1 amide bonds. The highest BCUT2D eigenvalue weighted by Crippen LogP contribution is 2.22. The van der Waals surface area contributed by atoms with E-state index in [1.165, 1.54) is 6.07 Å². The molecule has 2 aromatic rings. The lowest BCUT2D eigenvalue weighted by Gasteiger charge is -2.20. The van der Waals surface area contributed by atoms with Crippen LogP contribution in [0.2, 0.25) is 0 Å². The number of carbonyl (C=O) groups is 2. The molecule has 0 aliphatic carbocycles. The van der Waals surface area contributed by atoms with Gasteiger partial charge in [-0.2, -0.15) is 18.3 Å². The number of fused-ring (bicyclic) bond motifs is 1. The van der Waals surface area contributed by atoms with Crippen LogP contribution >= 0.6 is 0 Å². The fourth-order valence-corrected chi connectivity index (χ4v) is 2.66. The Hall–Kier alpha value is -2.69. The molecule has 1 fully saturated rings. The number of alkyl halides is 3. The van der Waals surface area contributed by atoms with Gasteiger partial charge in [0.05, 0.1) is 18.7 Å². The third-order valence-electron chi connectivity index (χ3n) is 3.85. The van der Waals surface area contributed by atoms with Gasteiger partial charge in [-0.3, -0.25) is 9.48 Å². The van der Waals surface area contributed by atoms with Crippen LogP contribution < -0.4 is 16.2 Å². The molecule has 142 valence electrons. The molecule has 1 aromatic carbocycles. The van der Waals surface area contributed by atoms with Crippen LogP contribution in [0.3, 0.4) is 0 Å². The maximum atomic E-state index is 13.5. The summed E-state index contributed by atoms with van der Waals surface area (Å²) in [5, 5.41) is 16.1. The van der Waals surface area contributed by atoms with E-state index in [0.29, 0.717) is 16.9 Å². The standard InChI is InChI=1S/C13H15FN4O.C2HF3O2/c14-9-4-8-7-18(10-2-1-3-16-6-10)17-12(8)11(5-9)13(15)19;3-2(4,5)1(6)7/h4-5,7,10,16H,1-3,6H2,(H2,15,19);(H,6,7). The molecule has 1 aliphatic heterocycles. The molecule has 0 bridgehead atoms. The fraction of sp³-hybridized carbons (Fsp3) is 0.400. The molecule has 7 nitrogen and oxygen atoms in total. The van der Waals surface area contributed by atoms with E-state index in [2.05, 4.69) is 10.4 Å². The molecule has 0 spiro atoms. The van der Waals surface area contributed by atoms with Crippen LogP contribution in [0.15, 0.2) is 18.3 Å². The van der Waals surface area contributed by atoms with Crippen LogP contribution in [0.4, 0.5) is 17.6 Å². The number of carboxylic acids is 1. The highest BCUT2D eigenvalue weighted by Gasteiger charge is 2.28. The van der Waals surface area contributed by atoms with Crippen molar-refractivity contribution in [1.82, 2.24) is 9.78 Å². The van der Waals surface area contributed by atoms with Crippen molar-refractivity contribution >= 4 is 22.8 Å². The minimum absolute atomic E-state index is 0.147. The van der Waals surface area contributed by atoms with E-state index in [4.69, 9.17) is 15.6 Å². The molecule has 1 aliphatic rings. The van der Waals surface area contributed by atoms with E-state index in [-0.39, 0.29) is 5.56 Å². The first-order valence-electron chi connectivity index (χ1n) is 7.67. The van der Waals surface area contributed by atoms with Gasteiger partial charge in [0.25, 0.3) is 5.91 Å². The lowest BCUT2D eigenvalue weighted by atomic mass is 10.1. The molecule has 0 radical (unpaired) electrons. The van der Waals surface area contributed by atoms with Crippen LogP contribution in [0, 0.1) is 5.82 Å². The zero-order valence-electron chi connectivity index (χ0n) is 13.4. The second kappa shape index (κ2) is 7.68. The summed E-state index contributed by atoms with van der Waals surface area (Å²) in [5.74, 6) is -4.12. The molecule has 3 rings (SSSR count). The number of rotatable bonds is 2. The Morgan fingerprint density at radius 1 is 1.35 bits per heavy atom. The van der Waals surface area contributed by atoms with Gasteiger partial charge in [-0.1, -0.05) is 0 Å². The third kappa shape index (κ3) is 4.69. The number of nitrogens with two attached hydrogens (primary N) is 2. The topological polar surface area (TPSA) is 118 Å². The molecule has 1 atom stereocenters. The highest BCUT2D eigenvalue weighted by molar-refractivity contribution is 6.04. The normalized spacial score (nSPS) is 17.5. The van der Waals surface area contributed by atoms with Gasteiger partial charge in [-0.15, -0.1) is 0 Å². The average Bonchev–Trinajstić information content (AvgIpc) is 2.98. The maximum Gasteiger partial charge on any atom is 0.430 e. The van der Waals surface area contributed by atoms with Crippen molar-refractivity contribution in [1.29, 1.82) is 0 Å². The smallest absolute Gasteiger partial charge is 0.430 e. The van der Waals surface area contributed by atoms with E-state index in [1.54, 1.807) is 6.20 Å². The lowest BCUT2D eigenvalue weighted by Crippen LogP contribution is -2.87. The molecule has 11 heteroatoms. The number of aliphatic carboxylic acids is 1. The van der Waals surface area contributed by atoms with E-state index >= 15 is 0 Å². The Labute approximate surface area is 144 Å². The average molecular weight is 376 g/mol.